The highest BCUT2D eigenvalue weighted by atomic mass is 16.5. The van der Waals surface area contributed by atoms with Crippen molar-refractivity contribution in [1.29, 1.82) is 0 Å². The summed E-state index contributed by atoms with van der Waals surface area (Å²) in [7, 11) is 1.41. The molecule has 2 atom stereocenters. The van der Waals surface area contributed by atoms with Gasteiger partial charge in [0.05, 0.1) is 24.1 Å². The third kappa shape index (κ3) is 2.46. The molecule has 6 heteroatoms. The molecule has 6 nitrogen and oxygen atoms in total. The summed E-state index contributed by atoms with van der Waals surface area (Å²) in [5.41, 5.74) is 7.77. The molecule has 1 aromatic heterocycles. The van der Waals surface area contributed by atoms with Crippen LogP contribution in [0.25, 0.3) is 10.9 Å². The Morgan fingerprint density at radius 3 is 2.82 bits per heavy atom. The number of fused-ring (bicyclic) bond motifs is 1. The Balaban J connectivity index is 1.96. The van der Waals surface area contributed by atoms with Gasteiger partial charge in [0.1, 0.15) is 0 Å². The first kappa shape index (κ1) is 14.6. The van der Waals surface area contributed by atoms with Crippen LogP contribution in [0.15, 0.2) is 24.4 Å². The lowest BCUT2D eigenvalue weighted by Gasteiger charge is -2.29. The van der Waals surface area contributed by atoms with Gasteiger partial charge in [-0.05, 0) is 30.0 Å². The number of amides is 1. The van der Waals surface area contributed by atoms with Gasteiger partial charge in [-0.2, -0.15) is 0 Å². The van der Waals surface area contributed by atoms with E-state index in [2.05, 4.69) is 10.3 Å². The number of rotatable bonds is 3. The number of esters is 1. The summed E-state index contributed by atoms with van der Waals surface area (Å²) in [5.74, 6) is -0.587. The minimum absolute atomic E-state index is 0.145. The van der Waals surface area contributed by atoms with Gasteiger partial charge in [-0.1, -0.05) is 6.07 Å². The topological polar surface area (TPSA) is 97.2 Å². The van der Waals surface area contributed by atoms with Crippen LogP contribution < -0.4 is 11.1 Å². The first-order valence-electron chi connectivity index (χ1n) is 7.30. The van der Waals surface area contributed by atoms with Crippen molar-refractivity contribution in [2.45, 2.75) is 12.3 Å². The fourth-order valence-corrected chi connectivity index (χ4v) is 3.27. The number of aromatic nitrogens is 1. The van der Waals surface area contributed by atoms with Gasteiger partial charge in [-0.3, -0.25) is 9.59 Å². The highest BCUT2D eigenvalue weighted by Gasteiger charge is 2.29. The molecule has 1 aliphatic rings. The Hall–Kier alpha value is -2.34. The number of nitrogens with one attached hydrogen (secondary N) is 2. The van der Waals surface area contributed by atoms with Gasteiger partial charge in [-0.25, -0.2) is 0 Å². The number of carbonyl (C=O) groups excluding carboxylic acids is 2. The lowest BCUT2D eigenvalue weighted by atomic mass is 9.83. The van der Waals surface area contributed by atoms with Crippen LogP contribution in [0.5, 0.6) is 0 Å². The number of H-pyrrole nitrogens is 1. The van der Waals surface area contributed by atoms with Gasteiger partial charge in [0.15, 0.2) is 0 Å². The Labute approximate surface area is 128 Å². The van der Waals surface area contributed by atoms with Gasteiger partial charge in [0.2, 0.25) is 0 Å². The lowest BCUT2D eigenvalue weighted by Crippen LogP contribution is -2.39. The van der Waals surface area contributed by atoms with Crippen molar-refractivity contribution >= 4 is 22.8 Å². The third-order valence-corrected chi connectivity index (χ3v) is 4.35. The molecule has 0 saturated carbocycles. The summed E-state index contributed by atoms with van der Waals surface area (Å²) in [5, 5.41) is 4.27. The Morgan fingerprint density at radius 1 is 1.27 bits per heavy atom. The number of piperidine rings is 1. The van der Waals surface area contributed by atoms with Crippen LogP contribution in [0, 0.1) is 5.92 Å². The Morgan fingerprint density at radius 2 is 2.09 bits per heavy atom. The number of primary amides is 1. The van der Waals surface area contributed by atoms with E-state index >= 15 is 0 Å². The smallest absolute Gasteiger partial charge is 0.309 e. The van der Waals surface area contributed by atoms with Crippen LogP contribution in [0.1, 0.15) is 28.3 Å². The first-order chi connectivity index (χ1) is 10.6. The molecule has 4 N–H and O–H groups in total. The highest BCUT2D eigenvalue weighted by Crippen LogP contribution is 2.33. The average Bonchev–Trinajstić information content (AvgIpc) is 3.02. The second-order valence-corrected chi connectivity index (χ2v) is 5.64. The van der Waals surface area contributed by atoms with Crippen LogP contribution in [0.4, 0.5) is 0 Å². The SMILES string of the molecule is COC(=O)C1CNCC(c2ccc(C(N)=O)c3[nH]ccc23)C1. The average molecular weight is 301 g/mol. The summed E-state index contributed by atoms with van der Waals surface area (Å²) in [6.07, 6.45) is 2.53. The maximum Gasteiger partial charge on any atom is 0.309 e. The van der Waals surface area contributed by atoms with Crippen LogP contribution >= 0.6 is 0 Å². The number of aromatic amines is 1. The molecule has 0 bridgehead atoms. The van der Waals surface area contributed by atoms with E-state index < -0.39 is 5.91 Å². The molecule has 1 amide bonds. The third-order valence-electron chi connectivity index (χ3n) is 4.35. The standard InChI is InChI=1S/C16H19N3O3/c1-22-16(21)10-6-9(7-18-8-10)11-2-3-13(15(17)20)14-12(11)4-5-19-14/h2-5,9-10,18-19H,6-8H2,1H3,(H2,17,20). The quantitative estimate of drug-likeness (QED) is 0.740. The van der Waals surface area contributed by atoms with Gasteiger partial charge in [0.25, 0.3) is 5.91 Å². The largest absolute Gasteiger partial charge is 0.469 e. The molecule has 0 aliphatic carbocycles. The molecule has 2 aromatic rings. The summed E-state index contributed by atoms with van der Waals surface area (Å²) >= 11 is 0. The number of nitrogens with two attached hydrogens (primary N) is 1. The van der Waals surface area contributed by atoms with Crippen LogP contribution in [0.2, 0.25) is 0 Å². The van der Waals surface area contributed by atoms with Crippen LogP contribution in [-0.4, -0.2) is 37.1 Å². The van der Waals surface area contributed by atoms with E-state index in [1.54, 1.807) is 12.3 Å². The van der Waals surface area contributed by atoms with Gasteiger partial charge >= 0.3 is 5.97 Å². The molecular formula is C16H19N3O3. The number of ether oxygens (including phenoxy) is 1. The maximum absolute atomic E-state index is 11.8. The van der Waals surface area contributed by atoms with Crippen LogP contribution in [0.3, 0.4) is 0 Å². The van der Waals surface area contributed by atoms with E-state index in [4.69, 9.17) is 10.5 Å². The lowest BCUT2D eigenvalue weighted by molar-refractivity contribution is -0.146. The summed E-state index contributed by atoms with van der Waals surface area (Å²) in [6, 6.07) is 5.62. The summed E-state index contributed by atoms with van der Waals surface area (Å²) < 4.78 is 4.85. The molecule has 22 heavy (non-hydrogen) atoms. The molecule has 2 unspecified atom stereocenters. The molecule has 1 saturated heterocycles. The fraction of sp³-hybridized carbons (Fsp3) is 0.375. The molecule has 0 radical (unpaired) electrons. The van der Waals surface area contributed by atoms with Crippen molar-refractivity contribution in [1.82, 2.24) is 10.3 Å². The number of carbonyl (C=O) groups is 2. The molecule has 1 aromatic carbocycles. The molecule has 2 heterocycles. The second kappa shape index (κ2) is 5.81. The fourth-order valence-electron chi connectivity index (χ4n) is 3.27. The van der Waals surface area contributed by atoms with Crippen molar-refractivity contribution in [3.8, 4) is 0 Å². The van der Waals surface area contributed by atoms with Gasteiger partial charge < -0.3 is 20.8 Å². The minimum atomic E-state index is -0.451. The highest BCUT2D eigenvalue weighted by molar-refractivity contribution is 6.05. The van der Waals surface area contributed by atoms with Crippen molar-refractivity contribution in [2.75, 3.05) is 20.2 Å². The predicted octanol–water partition coefficient (Wildman–Crippen LogP) is 1.13. The molecule has 1 fully saturated rings. The van der Waals surface area contributed by atoms with E-state index in [0.717, 1.165) is 29.4 Å². The van der Waals surface area contributed by atoms with E-state index in [-0.39, 0.29) is 17.8 Å². The molecule has 116 valence electrons. The van der Waals surface area contributed by atoms with E-state index in [9.17, 15) is 9.59 Å². The number of methoxy groups -OCH3 is 1. The number of benzene rings is 1. The maximum atomic E-state index is 11.8. The summed E-state index contributed by atoms with van der Waals surface area (Å²) in [6.45, 7) is 1.43. The zero-order valence-corrected chi connectivity index (χ0v) is 12.4. The minimum Gasteiger partial charge on any atom is -0.469 e. The Kier molecular flexibility index (Phi) is 3.85. The number of hydrogen-bond donors (Lipinski definition) is 3. The normalized spacial score (nSPS) is 21.7. The van der Waals surface area contributed by atoms with E-state index in [1.165, 1.54) is 7.11 Å². The first-order valence-corrected chi connectivity index (χ1v) is 7.30. The van der Waals surface area contributed by atoms with Crippen LogP contribution in [-0.2, 0) is 9.53 Å². The monoisotopic (exact) mass is 301 g/mol. The van der Waals surface area contributed by atoms with Gasteiger partial charge in [-0.15, -0.1) is 0 Å². The second-order valence-electron chi connectivity index (χ2n) is 5.64. The Bertz CT molecular complexity index is 722. The zero-order valence-electron chi connectivity index (χ0n) is 12.4. The van der Waals surface area contributed by atoms with Crippen molar-refractivity contribution < 1.29 is 14.3 Å². The van der Waals surface area contributed by atoms with E-state index in [1.807, 2.05) is 12.1 Å². The van der Waals surface area contributed by atoms with Crippen molar-refractivity contribution in [3.05, 3.63) is 35.5 Å². The summed E-state index contributed by atoms with van der Waals surface area (Å²) in [4.78, 5) is 26.4. The van der Waals surface area contributed by atoms with Crippen molar-refractivity contribution in [3.63, 3.8) is 0 Å². The number of hydrogen-bond acceptors (Lipinski definition) is 4. The molecule has 3 rings (SSSR count). The molecule has 0 spiro atoms. The predicted molar refractivity (Wildman–Crippen MR) is 82.6 cm³/mol. The zero-order chi connectivity index (χ0) is 15.7. The van der Waals surface area contributed by atoms with E-state index in [0.29, 0.717) is 12.1 Å². The molecular weight excluding hydrogens is 282 g/mol. The van der Waals surface area contributed by atoms with Crippen molar-refractivity contribution in [2.24, 2.45) is 11.7 Å². The molecule has 1 aliphatic heterocycles. The van der Waals surface area contributed by atoms with Gasteiger partial charge in [0, 0.05) is 24.7 Å².